The molecule has 1 atom stereocenters. The van der Waals surface area contributed by atoms with Gasteiger partial charge in [-0.1, -0.05) is 19.1 Å². The van der Waals surface area contributed by atoms with Crippen LogP contribution in [0.25, 0.3) is 0 Å². The fourth-order valence-electron chi connectivity index (χ4n) is 1.34. The van der Waals surface area contributed by atoms with Crippen LogP contribution in [0, 0.1) is 0 Å². The Bertz CT molecular complexity index is 243. The third kappa shape index (κ3) is 3.05. The maximum absolute atomic E-state index is 5.59. The molecule has 0 spiro atoms. The van der Waals surface area contributed by atoms with Crippen molar-refractivity contribution in [2.45, 2.75) is 31.3 Å². The van der Waals surface area contributed by atoms with E-state index in [2.05, 4.69) is 31.7 Å². The monoisotopic (exact) mass is 196 g/mol. The van der Waals surface area contributed by atoms with Crippen LogP contribution < -0.4 is 0 Å². The van der Waals surface area contributed by atoms with Crippen molar-refractivity contribution in [1.29, 1.82) is 0 Å². The molecule has 0 aromatic heterocycles. The van der Waals surface area contributed by atoms with Gasteiger partial charge in [0.1, 0.15) is 0 Å². The average molecular weight is 196 g/mol. The zero-order valence-corrected chi connectivity index (χ0v) is 9.05. The summed E-state index contributed by atoms with van der Waals surface area (Å²) in [5, 5.41) is 0. The molecule has 0 amide bonds. The van der Waals surface area contributed by atoms with Gasteiger partial charge in [0.15, 0.2) is 0 Å². The second-order valence-corrected chi connectivity index (χ2v) is 3.46. The predicted octanol–water partition coefficient (Wildman–Crippen LogP) is 3.46. The number of rotatable bonds is 4. The van der Waals surface area contributed by atoms with Gasteiger partial charge in [-0.05, 0) is 31.0 Å². The molecule has 0 unspecified atom stereocenters. The van der Waals surface area contributed by atoms with E-state index in [0.29, 0.717) is 0 Å². The van der Waals surface area contributed by atoms with Crippen molar-refractivity contribution < 1.29 is 4.74 Å². The summed E-state index contributed by atoms with van der Waals surface area (Å²) >= 11 is 4.24. The van der Waals surface area contributed by atoms with Gasteiger partial charge in [-0.25, -0.2) is 0 Å². The molecule has 1 rings (SSSR count). The van der Waals surface area contributed by atoms with E-state index in [9.17, 15) is 0 Å². The molecule has 2 heteroatoms. The van der Waals surface area contributed by atoms with Crippen molar-refractivity contribution in [2.75, 3.05) is 6.61 Å². The van der Waals surface area contributed by atoms with Crippen LogP contribution in [0.1, 0.15) is 31.9 Å². The van der Waals surface area contributed by atoms with Crippen molar-refractivity contribution in [1.82, 2.24) is 0 Å². The Morgan fingerprint density at radius 3 is 2.31 bits per heavy atom. The quantitative estimate of drug-likeness (QED) is 0.725. The lowest BCUT2D eigenvalue weighted by molar-refractivity contribution is 0.0598. The molecule has 0 bridgehead atoms. The maximum Gasteiger partial charge on any atom is 0.0822 e. The Kier molecular flexibility index (Phi) is 4.33. The summed E-state index contributed by atoms with van der Waals surface area (Å²) in [6.45, 7) is 4.92. The van der Waals surface area contributed by atoms with Crippen molar-refractivity contribution in [3.05, 3.63) is 29.8 Å². The fraction of sp³-hybridized carbons (Fsp3) is 0.455. The molecule has 0 radical (unpaired) electrons. The summed E-state index contributed by atoms with van der Waals surface area (Å²) in [5.74, 6) is 0. The fourth-order valence-corrected chi connectivity index (χ4v) is 1.49. The highest BCUT2D eigenvalue weighted by Gasteiger charge is 2.07. The van der Waals surface area contributed by atoms with Crippen molar-refractivity contribution >= 4 is 12.6 Å². The van der Waals surface area contributed by atoms with E-state index in [1.807, 2.05) is 19.1 Å². The first kappa shape index (κ1) is 10.6. The number of hydrogen-bond acceptors (Lipinski definition) is 2. The van der Waals surface area contributed by atoms with Gasteiger partial charge in [-0.3, -0.25) is 0 Å². The van der Waals surface area contributed by atoms with Gasteiger partial charge in [-0.2, -0.15) is 0 Å². The van der Waals surface area contributed by atoms with E-state index in [1.54, 1.807) is 0 Å². The lowest BCUT2D eigenvalue weighted by Crippen LogP contribution is -2.02. The minimum Gasteiger partial charge on any atom is -0.374 e. The second kappa shape index (κ2) is 5.30. The summed E-state index contributed by atoms with van der Waals surface area (Å²) in [5.41, 5.74) is 1.24. The normalized spacial score (nSPS) is 12.8. The van der Waals surface area contributed by atoms with E-state index in [0.717, 1.165) is 17.9 Å². The minimum atomic E-state index is 0.235. The smallest absolute Gasteiger partial charge is 0.0822 e. The van der Waals surface area contributed by atoms with E-state index in [4.69, 9.17) is 4.74 Å². The van der Waals surface area contributed by atoms with Crippen molar-refractivity contribution in [2.24, 2.45) is 0 Å². The standard InChI is InChI=1S/C11H16OS/c1-3-11(12-4-2)9-5-7-10(13)8-6-9/h5-8,11,13H,3-4H2,1-2H3/t11-/m1/s1. The zero-order chi connectivity index (χ0) is 9.68. The lowest BCUT2D eigenvalue weighted by atomic mass is 10.1. The van der Waals surface area contributed by atoms with Crippen molar-refractivity contribution in [3.8, 4) is 0 Å². The van der Waals surface area contributed by atoms with Crippen LogP contribution >= 0.6 is 12.6 Å². The van der Waals surface area contributed by atoms with E-state index >= 15 is 0 Å². The summed E-state index contributed by atoms with van der Waals surface area (Å²) in [4.78, 5) is 0.995. The van der Waals surface area contributed by atoms with Gasteiger partial charge in [0.25, 0.3) is 0 Å². The van der Waals surface area contributed by atoms with Crippen LogP contribution in [-0.4, -0.2) is 6.61 Å². The number of thiol groups is 1. The molecule has 0 heterocycles. The first-order chi connectivity index (χ1) is 6.27. The SMILES string of the molecule is CCO[C@H](CC)c1ccc(S)cc1. The second-order valence-electron chi connectivity index (χ2n) is 2.94. The van der Waals surface area contributed by atoms with Crippen molar-refractivity contribution in [3.63, 3.8) is 0 Å². The molecular formula is C11H16OS. The molecule has 0 saturated heterocycles. The molecule has 1 aromatic rings. The van der Waals surface area contributed by atoms with E-state index in [1.165, 1.54) is 5.56 Å². The van der Waals surface area contributed by atoms with Gasteiger partial charge in [-0.15, -0.1) is 12.6 Å². The minimum absolute atomic E-state index is 0.235. The predicted molar refractivity (Wildman–Crippen MR) is 58.4 cm³/mol. The molecule has 1 aromatic carbocycles. The molecular weight excluding hydrogens is 180 g/mol. The molecule has 0 N–H and O–H groups in total. The van der Waals surface area contributed by atoms with Crippen LogP contribution in [0.4, 0.5) is 0 Å². The highest BCUT2D eigenvalue weighted by molar-refractivity contribution is 7.80. The molecule has 0 fully saturated rings. The maximum atomic E-state index is 5.59. The average Bonchev–Trinajstić information content (AvgIpc) is 2.16. The molecule has 13 heavy (non-hydrogen) atoms. The molecule has 1 nitrogen and oxygen atoms in total. The van der Waals surface area contributed by atoms with E-state index < -0.39 is 0 Å². The Balaban J connectivity index is 2.73. The van der Waals surface area contributed by atoms with Gasteiger partial charge in [0.05, 0.1) is 6.10 Å². The molecule has 0 aliphatic rings. The molecule has 0 saturated carbocycles. The van der Waals surface area contributed by atoms with Gasteiger partial charge in [0.2, 0.25) is 0 Å². The number of hydrogen-bond donors (Lipinski definition) is 1. The van der Waals surface area contributed by atoms with E-state index in [-0.39, 0.29) is 6.10 Å². The van der Waals surface area contributed by atoms with Gasteiger partial charge < -0.3 is 4.74 Å². The van der Waals surface area contributed by atoms with Crippen LogP contribution in [0.2, 0.25) is 0 Å². The zero-order valence-electron chi connectivity index (χ0n) is 8.16. The first-order valence-electron chi connectivity index (χ1n) is 4.68. The molecule has 0 aliphatic carbocycles. The third-order valence-corrected chi connectivity index (χ3v) is 2.30. The van der Waals surface area contributed by atoms with Gasteiger partial charge >= 0.3 is 0 Å². The van der Waals surface area contributed by atoms with Crippen LogP contribution in [-0.2, 0) is 4.74 Å². The number of benzene rings is 1. The summed E-state index contributed by atoms with van der Waals surface area (Å²) < 4.78 is 5.59. The molecule has 0 aliphatic heterocycles. The topological polar surface area (TPSA) is 9.23 Å². The highest BCUT2D eigenvalue weighted by atomic mass is 32.1. The summed E-state index contributed by atoms with van der Waals surface area (Å²) in [6.07, 6.45) is 1.25. The van der Waals surface area contributed by atoms with Crippen LogP contribution in [0.5, 0.6) is 0 Å². The highest BCUT2D eigenvalue weighted by Crippen LogP contribution is 2.21. The Labute approximate surface area is 85.5 Å². The van der Waals surface area contributed by atoms with Gasteiger partial charge in [0, 0.05) is 11.5 Å². The number of ether oxygens (including phenoxy) is 1. The lowest BCUT2D eigenvalue weighted by Gasteiger charge is -2.15. The molecule has 72 valence electrons. The summed E-state index contributed by atoms with van der Waals surface area (Å²) in [7, 11) is 0. The Morgan fingerprint density at radius 2 is 1.85 bits per heavy atom. The first-order valence-corrected chi connectivity index (χ1v) is 5.13. The Hall–Kier alpha value is -0.470. The summed E-state index contributed by atoms with van der Waals surface area (Å²) in [6, 6.07) is 8.15. The van der Waals surface area contributed by atoms with Crippen LogP contribution in [0.15, 0.2) is 29.2 Å². The third-order valence-electron chi connectivity index (χ3n) is 2.00. The van der Waals surface area contributed by atoms with Crippen LogP contribution in [0.3, 0.4) is 0 Å². The Morgan fingerprint density at radius 1 is 1.23 bits per heavy atom. The largest absolute Gasteiger partial charge is 0.374 e.